The summed E-state index contributed by atoms with van der Waals surface area (Å²) >= 11 is 0. The molecule has 0 radical (unpaired) electrons. The molecule has 2 aromatic rings. The third-order valence-corrected chi connectivity index (χ3v) is 4.08. The molecule has 0 aliphatic carbocycles. The summed E-state index contributed by atoms with van der Waals surface area (Å²) in [5, 5.41) is 11.3. The van der Waals surface area contributed by atoms with Crippen molar-refractivity contribution in [2.24, 2.45) is 0 Å². The molecule has 3 rings (SSSR count). The van der Waals surface area contributed by atoms with E-state index in [1.807, 2.05) is 0 Å². The van der Waals surface area contributed by atoms with Crippen molar-refractivity contribution in [3.05, 3.63) is 41.1 Å². The number of aromatic nitrogens is 2. The first-order chi connectivity index (χ1) is 9.25. The standard InChI is InChI=1S/C16H21N3/c1-11-5-7-13(8-6-11)15-12(2)16(19-18-15)14-4-3-9-17-10-14/h5-8,14,17H,3-4,9-10H2,1-2H3,(H,18,19). The van der Waals surface area contributed by atoms with E-state index in [1.54, 1.807) is 0 Å². The van der Waals surface area contributed by atoms with Crippen LogP contribution in [-0.2, 0) is 0 Å². The second-order valence-electron chi connectivity index (χ2n) is 5.52. The number of nitrogens with zero attached hydrogens (tertiary/aromatic N) is 1. The summed E-state index contributed by atoms with van der Waals surface area (Å²) in [6.45, 7) is 6.51. The van der Waals surface area contributed by atoms with Gasteiger partial charge in [0.25, 0.3) is 0 Å². The summed E-state index contributed by atoms with van der Waals surface area (Å²) in [7, 11) is 0. The maximum Gasteiger partial charge on any atom is 0.0952 e. The molecular formula is C16H21N3. The molecule has 2 N–H and O–H groups in total. The zero-order valence-electron chi connectivity index (χ0n) is 11.7. The minimum Gasteiger partial charge on any atom is -0.316 e. The molecule has 1 aromatic heterocycles. The molecule has 1 aliphatic heterocycles. The molecule has 1 saturated heterocycles. The fourth-order valence-corrected chi connectivity index (χ4v) is 2.90. The van der Waals surface area contributed by atoms with Crippen LogP contribution < -0.4 is 5.32 Å². The van der Waals surface area contributed by atoms with Crippen molar-refractivity contribution in [1.82, 2.24) is 15.5 Å². The highest BCUT2D eigenvalue weighted by Crippen LogP contribution is 2.30. The molecule has 1 aromatic carbocycles. The normalized spacial score (nSPS) is 19.6. The molecule has 1 unspecified atom stereocenters. The van der Waals surface area contributed by atoms with Gasteiger partial charge in [-0.25, -0.2) is 0 Å². The molecule has 3 heteroatoms. The lowest BCUT2D eigenvalue weighted by atomic mass is 9.92. The number of aromatic amines is 1. The third kappa shape index (κ3) is 2.43. The summed E-state index contributed by atoms with van der Waals surface area (Å²) in [6, 6.07) is 8.60. The van der Waals surface area contributed by atoms with E-state index < -0.39 is 0 Å². The molecule has 0 saturated carbocycles. The molecule has 1 fully saturated rings. The molecule has 0 bridgehead atoms. The Kier molecular flexibility index (Phi) is 3.38. The van der Waals surface area contributed by atoms with E-state index in [9.17, 15) is 0 Å². The summed E-state index contributed by atoms with van der Waals surface area (Å²) in [4.78, 5) is 0. The largest absolute Gasteiger partial charge is 0.316 e. The van der Waals surface area contributed by atoms with Crippen LogP contribution in [0, 0.1) is 13.8 Å². The Morgan fingerprint density at radius 2 is 1.95 bits per heavy atom. The predicted octanol–water partition coefficient (Wildman–Crippen LogP) is 3.16. The van der Waals surface area contributed by atoms with Gasteiger partial charge in [-0.2, -0.15) is 5.10 Å². The van der Waals surface area contributed by atoms with Crippen molar-refractivity contribution in [2.75, 3.05) is 13.1 Å². The van der Waals surface area contributed by atoms with Crippen LogP contribution in [0.5, 0.6) is 0 Å². The van der Waals surface area contributed by atoms with Gasteiger partial charge in [0, 0.05) is 23.7 Å². The van der Waals surface area contributed by atoms with Crippen LogP contribution in [0.15, 0.2) is 24.3 Å². The van der Waals surface area contributed by atoms with E-state index in [-0.39, 0.29) is 0 Å². The van der Waals surface area contributed by atoms with Gasteiger partial charge < -0.3 is 5.32 Å². The van der Waals surface area contributed by atoms with Crippen molar-refractivity contribution in [2.45, 2.75) is 32.6 Å². The van der Waals surface area contributed by atoms with Gasteiger partial charge in [0.1, 0.15) is 0 Å². The van der Waals surface area contributed by atoms with Gasteiger partial charge >= 0.3 is 0 Å². The number of rotatable bonds is 2. The minimum absolute atomic E-state index is 0.584. The van der Waals surface area contributed by atoms with Crippen molar-refractivity contribution in [3.63, 3.8) is 0 Å². The molecule has 3 nitrogen and oxygen atoms in total. The summed E-state index contributed by atoms with van der Waals surface area (Å²) in [6.07, 6.45) is 2.51. The monoisotopic (exact) mass is 255 g/mol. The first-order valence-corrected chi connectivity index (χ1v) is 7.08. The van der Waals surface area contributed by atoms with E-state index in [4.69, 9.17) is 0 Å². The van der Waals surface area contributed by atoms with Crippen molar-refractivity contribution in [1.29, 1.82) is 0 Å². The fourth-order valence-electron chi connectivity index (χ4n) is 2.90. The van der Waals surface area contributed by atoms with Crippen LogP contribution in [-0.4, -0.2) is 23.3 Å². The van der Waals surface area contributed by atoms with Crippen LogP contribution >= 0.6 is 0 Å². The third-order valence-electron chi connectivity index (χ3n) is 4.08. The van der Waals surface area contributed by atoms with Crippen LogP contribution in [0.4, 0.5) is 0 Å². The van der Waals surface area contributed by atoms with Crippen LogP contribution in [0.25, 0.3) is 11.3 Å². The predicted molar refractivity (Wildman–Crippen MR) is 78.3 cm³/mol. The fraction of sp³-hybridized carbons (Fsp3) is 0.438. The smallest absolute Gasteiger partial charge is 0.0952 e. The van der Waals surface area contributed by atoms with E-state index in [0.29, 0.717) is 5.92 Å². The Morgan fingerprint density at radius 1 is 1.16 bits per heavy atom. The molecule has 1 atom stereocenters. The maximum atomic E-state index is 4.54. The highest BCUT2D eigenvalue weighted by atomic mass is 15.1. The van der Waals surface area contributed by atoms with Gasteiger partial charge in [0.05, 0.1) is 5.69 Å². The molecule has 0 amide bonds. The van der Waals surface area contributed by atoms with Crippen molar-refractivity contribution < 1.29 is 0 Å². The van der Waals surface area contributed by atoms with Gasteiger partial charge in [0.15, 0.2) is 0 Å². The van der Waals surface area contributed by atoms with Gasteiger partial charge in [-0.05, 0) is 38.8 Å². The molecule has 0 spiro atoms. The van der Waals surface area contributed by atoms with Crippen LogP contribution in [0.1, 0.15) is 35.6 Å². The van der Waals surface area contributed by atoms with E-state index in [0.717, 1.165) is 18.8 Å². The van der Waals surface area contributed by atoms with Gasteiger partial charge in [0.2, 0.25) is 0 Å². The number of benzene rings is 1. The van der Waals surface area contributed by atoms with E-state index in [2.05, 4.69) is 53.6 Å². The minimum atomic E-state index is 0.584. The molecule has 1 aliphatic rings. The van der Waals surface area contributed by atoms with E-state index in [1.165, 1.54) is 35.2 Å². The maximum absolute atomic E-state index is 4.54. The lowest BCUT2D eigenvalue weighted by molar-refractivity contribution is 0.453. The quantitative estimate of drug-likeness (QED) is 0.865. The molecule has 100 valence electrons. The first kappa shape index (κ1) is 12.4. The van der Waals surface area contributed by atoms with Gasteiger partial charge in [-0.3, -0.25) is 5.10 Å². The number of nitrogens with one attached hydrogen (secondary N) is 2. The Balaban J connectivity index is 1.91. The van der Waals surface area contributed by atoms with Crippen LogP contribution in [0.3, 0.4) is 0 Å². The highest BCUT2D eigenvalue weighted by molar-refractivity contribution is 5.64. The summed E-state index contributed by atoms with van der Waals surface area (Å²) < 4.78 is 0. The second kappa shape index (κ2) is 5.17. The topological polar surface area (TPSA) is 40.7 Å². The van der Waals surface area contributed by atoms with Gasteiger partial charge in [-0.1, -0.05) is 29.8 Å². The lowest BCUT2D eigenvalue weighted by Crippen LogP contribution is -2.28. The number of hydrogen-bond donors (Lipinski definition) is 2. The summed E-state index contributed by atoms with van der Waals surface area (Å²) in [5.74, 6) is 0.584. The zero-order chi connectivity index (χ0) is 13.2. The van der Waals surface area contributed by atoms with E-state index >= 15 is 0 Å². The van der Waals surface area contributed by atoms with Crippen molar-refractivity contribution in [3.8, 4) is 11.3 Å². The molecule has 2 heterocycles. The Hall–Kier alpha value is -1.61. The second-order valence-corrected chi connectivity index (χ2v) is 5.52. The number of piperidine rings is 1. The Bertz CT molecular complexity index is 548. The van der Waals surface area contributed by atoms with Gasteiger partial charge in [-0.15, -0.1) is 0 Å². The lowest BCUT2D eigenvalue weighted by Gasteiger charge is -2.22. The number of aryl methyl sites for hydroxylation is 1. The Labute approximate surface area is 114 Å². The average molecular weight is 255 g/mol. The zero-order valence-corrected chi connectivity index (χ0v) is 11.7. The van der Waals surface area contributed by atoms with Crippen molar-refractivity contribution >= 4 is 0 Å². The number of H-pyrrole nitrogens is 1. The highest BCUT2D eigenvalue weighted by Gasteiger charge is 2.21. The molecular weight excluding hydrogens is 234 g/mol. The average Bonchev–Trinajstić information content (AvgIpc) is 2.83. The van der Waals surface area contributed by atoms with Crippen LogP contribution in [0.2, 0.25) is 0 Å². The SMILES string of the molecule is Cc1ccc(-c2n[nH]c(C3CCCNC3)c2C)cc1. The summed E-state index contributed by atoms with van der Waals surface area (Å²) in [5.41, 5.74) is 6.20. The first-order valence-electron chi connectivity index (χ1n) is 7.08. The number of hydrogen-bond acceptors (Lipinski definition) is 2. The Morgan fingerprint density at radius 3 is 2.63 bits per heavy atom. The molecule has 19 heavy (non-hydrogen) atoms.